The van der Waals surface area contributed by atoms with Gasteiger partial charge in [0.05, 0.1) is 17.0 Å². The second-order valence-electron chi connectivity index (χ2n) is 4.79. The smallest absolute Gasteiger partial charge is 0.269 e. The molecule has 0 bridgehead atoms. The maximum atomic E-state index is 10.9. The Bertz CT molecular complexity index is 886. The third kappa shape index (κ3) is 2.18. The zero-order valence-corrected chi connectivity index (χ0v) is 11.3. The zero-order chi connectivity index (χ0) is 15.7. The predicted octanol–water partition coefficient (Wildman–Crippen LogP) is 3.70. The van der Waals surface area contributed by atoms with Crippen molar-refractivity contribution < 1.29 is 10.0 Å². The standard InChI is InChI=1S/C15H11N3O4/c19-15-14(16-20)12-6-1-2-7-13(12)17(15)9-10-4-3-5-11(8-10)18(21)22/h1-8,19H,9H2. The first-order valence-corrected chi connectivity index (χ1v) is 6.48. The molecule has 7 heteroatoms. The van der Waals surface area contributed by atoms with Crippen LogP contribution in [0.5, 0.6) is 5.88 Å². The van der Waals surface area contributed by atoms with Gasteiger partial charge in [0.25, 0.3) is 5.69 Å². The molecule has 0 fully saturated rings. The van der Waals surface area contributed by atoms with Gasteiger partial charge in [-0.1, -0.05) is 30.3 Å². The van der Waals surface area contributed by atoms with Crippen LogP contribution in [0.1, 0.15) is 5.56 Å². The molecule has 0 aliphatic carbocycles. The number of para-hydroxylation sites is 1. The lowest BCUT2D eigenvalue weighted by Gasteiger charge is -2.07. The van der Waals surface area contributed by atoms with Crippen LogP contribution in [0.2, 0.25) is 0 Å². The van der Waals surface area contributed by atoms with Crippen LogP contribution >= 0.6 is 0 Å². The first-order chi connectivity index (χ1) is 10.6. The Morgan fingerprint density at radius 3 is 2.68 bits per heavy atom. The van der Waals surface area contributed by atoms with Gasteiger partial charge in [-0.25, -0.2) is 0 Å². The van der Waals surface area contributed by atoms with E-state index >= 15 is 0 Å². The maximum absolute atomic E-state index is 10.9. The number of nitrogens with zero attached hydrogens (tertiary/aromatic N) is 3. The van der Waals surface area contributed by atoms with E-state index in [4.69, 9.17) is 0 Å². The highest BCUT2D eigenvalue weighted by Gasteiger charge is 2.17. The number of nitro benzene ring substituents is 1. The lowest BCUT2D eigenvalue weighted by molar-refractivity contribution is -0.384. The molecule has 1 N–H and O–H groups in total. The van der Waals surface area contributed by atoms with Gasteiger partial charge in [-0.3, -0.25) is 10.1 Å². The largest absolute Gasteiger partial charge is 0.493 e. The molecule has 3 aromatic rings. The molecule has 0 spiro atoms. The van der Waals surface area contributed by atoms with Crippen molar-refractivity contribution in [2.24, 2.45) is 5.18 Å². The number of benzene rings is 2. The topological polar surface area (TPSA) is 97.7 Å². The molecule has 0 saturated carbocycles. The highest BCUT2D eigenvalue weighted by molar-refractivity contribution is 5.95. The Morgan fingerprint density at radius 1 is 1.18 bits per heavy atom. The molecule has 110 valence electrons. The summed E-state index contributed by atoms with van der Waals surface area (Å²) in [4.78, 5) is 21.3. The summed E-state index contributed by atoms with van der Waals surface area (Å²) in [5.41, 5.74) is 1.23. The molecule has 1 heterocycles. The van der Waals surface area contributed by atoms with Crippen molar-refractivity contribution in [1.82, 2.24) is 4.57 Å². The highest BCUT2D eigenvalue weighted by atomic mass is 16.6. The lowest BCUT2D eigenvalue weighted by Crippen LogP contribution is -1.99. The van der Waals surface area contributed by atoms with E-state index in [0.29, 0.717) is 16.5 Å². The summed E-state index contributed by atoms with van der Waals surface area (Å²) in [6, 6.07) is 13.1. The molecule has 0 atom stereocenters. The fraction of sp³-hybridized carbons (Fsp3) is 0.0667. The molecule has 2 aromatic carbocycles. The number of nitroso groups, excluding NO2 is 1. The number of aromatic nitrogens is 1. The van der Waals surface area contributed by atoms with E-state index in [0.717, 1.165) is 0 Å². The molecule has 0 aliphatic rings. The van der Waals surface area contributed by atoms with Crippen molar-refractivity contribution in [2.45, 2.75) is 6.54 Å². The summed E-state index contributed by atoms with van der Waals surface area (Å²) in [6.07, 6.45) is 0. The SMILES string of the molecule is O=Nc1c(O)n(Cc2cccc([N+](=O)[O-])c2)c2ccccc12. The lowest BCUT2D eigenvalue weighted by atomic mass is 10.2. The van der Waals surface area contributed by atoms with Gasteiger partial charge in [-0.15, -0.1) is 4.91 Å². The van der Waals surface area contributed by atoms with Crippen LogP contribution in [0.25, 0.3) is 10.9 Å². The van der Waals surface area contributed by atoms with Crippen LogP contribution < -0.4 is 0 Å². The molecular weight excluding hydrogens is 286 g/mol. The first kappa shape index (κ1) is 13.7. The Hall–Kier alpha value is -3.22. The van der Waals surface area contributed by atoms with E-state index in [2.05, 4.69) is 5.18 Å². The molecule has 0 unspecified atom stereocenters. The summed E-state index contributed by atoms with van der Waals surface area (Å²) in [6.45, 7) is 0.198. The summed E-state index contributed by atoms with van der Waals surface area (Å²) in [5, 5.41) is 24.4. The Morgan fingerprint density at radius 2 is 1.95 bits per heavy atom. The van der Waals surface area contributed by atoms with Crippen LogP contribution in [0, 0.1) is 15.0 Å². The highest BCUT2D eigenvalue weighted by Crippen LogP contribution is 2.38. The first-order valence-electron chi connectivity index (χ1n) is 6.48. The minimum absolute atomic E-state index is 0.0258. The van der Waals surface area contributed by atoms with Crippen molar-refractivity contribution in [3.8, 4) is 5.88 Å². The zero-order valence-electron chi connectivity index (χ0n) is 11.3. The fourth-order valence-electron chi connectivity index (χ4n) is 2.47. The number of non-ortho nitro benzene ring substituents is 1. The molecule has 0 radical (unpaired) electrons. The molecule has 0 amide bonds. The molecule has 3 rings (SSSR count). The Kier molecular flexibility index (Phi) is 3.30. The molecule has 0 saturated heterocycles. The Balaban J connectivity index is 2.11. The monoisotopic (exact) mass is 297 g/mol. The summed E-state index contributed by atoms with van der Waals surface area (Å²) < 4.78 is 1.51. The second-order valence-corrected chi connectivity index (χ2v) is 4.79. The van der Waals surface area contributed by atoms with Crippen LogP contribution in [-0.2, 0) is 6.54 Å². The van der Waals surface area contributed by atoms with E-state index in [-0.39, 0.29) is 23.8 Å². The van der Waals surface area contributed by atoms with Crippen LogP contribution in [0.3, 0.4) is 0 Å². The van der Waals surface area contributed by atoms with Gasteiger partial charge in [0.2, 0.25) is 5.88 Å². The fourth-order valence-corrected chi connectivity index (χ4v) is 2.47. The molecule has 1 aromatic heterocycles. The van der Waals surface area contributed by atoms with Gasteiger partial charge in [0.15, 0.2) is 5.69 Å². The molecule has 7 nitrogen and oxygen atoms in total. The predicted molar refractivity (Wildman–Crippen MR) is 81.3 cm³/mol. The quantitative estimate of drug-likeness (QED) is 0.451. The molecular formula is C15H11N3O4. The van der Waals surface area contributed by atoms with Gasteiger partial charge in [-0.2, -0.15) is 0 Å². The minimum atomic E-state index is -0.477. The average Bonchev–Trinajstić information content (AvgIpc) is 2.80. The number of nitro groups is 1. The summed E-state index contributed by atoms with van der Waals surface area (Å²) >= 11 is 0. The van der Waals surface area contributed by atoms with Crippen molar-refractivity contribution in [1.29, 1.82) is 0 Å². The van der Waals surface area contributed by atoms with E-state index in [9.17, 15) is 20.1 Å². The van der Waals surface area contributed by atoms with E-state index in [1.165, 1.54) is 16.7 Å². The van der Waals surface area contributed by atoms with Crippen molar-refractivity contribution >= 4 is 22.3 Å². The van der Waals surface area contributed by atoms with E-state index < -0.39 is 4.92 Å². The number of rotatable bonds is 4. The summed E-state index contributed by atoms with van der Waals surface area (Å²) in [7, 11) is 0. The molecule has 22 heavy (non-hydrogen) atoms. The third-order valence-corrected chi connectivity index (χ3v) is 3.47. The van der Waals surface area contributed by atoms with E-state index in [1.807, 2.05) is 0 Å². The van der Waals surface area contributed by atoms with Crippen LogP contribution in [-0.4, -0.2) is 14.6 Å². The number of aromatic hydroxyl groups is 1. The second kappa shape index (κ2) is 5.28. The van der Waals surface area contributed by atoms with Gasteiger partial charge in [-0.05, 0) is 16.8 Å². The maximum Gasteiger partial charge on any atom is 0.269 e. The normalized spacial score (nSPS) is 10.7. The van der Waals surface area contributed by atoms with Crippen LogP contribution in [0.4, 0.5) is 11.4 Å². The van der Waals surface area contributed by atoms with E-state index in [1.54, 1.807) is 36.4 Å². The Labute approximate surface area is 124 Å². The molecule has 0 aliphatic heterocycles. The van der Waals surface area contributed by atoms with Crippen molar-refractivity contribution in [2.75, 3.05) is 0 Å². The number of hydrogen-bond acceptors (Lipinski definition) is 5. The van der Waals surface area contributed by atoms with Gasteiger partial charge in [0, 0.05) is 17.5 Å². The minimum Gasteiger partial charge on any atom is -0.493 e. The van der Waals surface area contributed by atoms with Gasteiger partial charge in [0.1, 0.15) is 0 Å². The number of fused-ring (bicyclic) bond motifs is 1. The van der Waals surface area contributed by atoms with Gasteiger partial charge < -0.3 is 9.67 Å². The average molecular weight is 297 g/mol. The van der Waals surface area contributed by atoms with Crippen LogP contribution in [0.15, 0.2) is 53.7 Å². The number of hydrogen-bond donors (Lipinski definition) is 1. The third-order valence-electron chi connectivity index (χ3n) is 3.47. The summed E-state index contributed by atoms with van der Waals surface area (Å²) in [5.74, 6) is -0.247. The van der Waals surface area contributed by atoms with Crippen molar-refractivity contribution in [3.63, 3.8) is 0 Å². The van der Waals surface area contributed by atoms with Crippen molar-refractivity contribution in [3.05, 3.63) is 69.1 Å². The van der Waals surface area contributed by atoms with Gasteiger partial charge >= 0.3 is 0 Å².